The van der Waals surface area contributed by atoms with Crippen molar-refractivity contribution in [3.63, 3.8) is 0 Å². The van der Waals surface area contributed by atoms with Crippen LogP contribution in [0.3, 0.4) is 0 Å². The molecule has 0 atom stereocenters. The van der Waals surface area contributed by atoms with E-state index in [-0.39, 0.29) is 5.65 Å². The Morgan fingerprint density at radius 1 is 0.966 bits per heavy atom. The number of halogens is 3. The average Bonchev–Trinajstić information content (AvgIpc) is 3.24. The number of anilines is 2. The van der Waals surface area contributed by atoms with Gasteiger partial charge in [0, 0.05) is 25.6 Å². The zero-order chi connectivity index (χ0) is 20.2. The first-order chi connectivity index (χ1) is 13.9. The van der Waals surface area contributed by atoms with E-state index in [1.54, 1.807) is 10.6 Å². The average molecular weight is 404 g/mol. The summed E-state index contributed by atoms with van der Waals surface area (Å²) in [5, 5.41) is 26.3. The highest BCUT2D eigenvalue weighted by molar-refractivity contribution is 5.48. The molecule has 1 aliphatic rings. The van der Waals surface area contributed by atoms with E-state index in [1.807, 2.05) is 19.1 Å². The number of aryl methyl sites for hydroxylation is 1. The minimum atomic E-state index is -4.61. The largest absolute Gasteiger partial charge is 0.453 e. The van der Waals surface area contributed by atoms with Gasteiger partial charge in [-0.05, 0) is 31.2 Å². The van der Waals surface area contributed by atoms with Gasteiger partial charge in [-0.25, -0.2) is 0 Å². The molecular weight excluding hydrogens is 389 g/mol. The van der Waals surface area contributed by atoms with Crippen LogP contribution >= 0.6 is 0 Å². The fourth-order valence-corrected chi connectivity index (χ4v) is 3.25. The van der Waals surface area contributed by atoms with E-state index >= 15 is 0 Å². The van der Waals surface area contributed by atoms with Crippen molar-refractivity contribution in [2.75, 3.05) is 29.9 Å². The number of nitrogens with zero attached hydrogens (tertiary/aromatic N) is 9. The molecule has 5 rings (SSSR count). The SMILES string of the molecule is Cc1nnc2ccc(N3CC(CNc4ccc5nnc(C(F)(F)F)n5n4)C3)nn12. The second-order valence-corrected chi connectivity index (χ2v) is 6.87. The van der Waals surface area contributed by atoms with Crippen molar-refractivity contribution in [2.24, 2.45) is 5.92 Å². The predicted molar refractivity (Wildman–Crippen MR) is 95.5 cm³/mol. The van der Waals surface area contributed by atoms with Gasteiger partial charge < -0.3 is 10.2 Å². The van der Waals surface area contributed by atoms with Gasteiger partial charge in [0.1, 0.15) is 11.6 Å². The first kappa shape index (κ1) is 17.6. The van der Waals surface area contributed by atoms with Crippen molar-refractivity contribution >= 4 is 22.9 Å². The standard InChI is InChI=1S/C16H15F3N10/c1-9-21-22-12-4-5-14(26-28(9)12)27-7-10(8-27)6-20-11-2-3-13-23-24-15(16(17,18)19)29(13)25-11/h2-5,10H,6-8H2,1H3,(H,20,25). The summed E-state index contributed by atoms with van der Waals surface area (Å²) < 4.78 is 41.3. The number of hydrogen-bond acceptors (Lipinski definition) is 8. The molecule has 0 bridgehead atoms. The molecule has 1 fully saturated rings. The third-order valence-electron chi connectivity index (χ3n) is 4.77. The highest BCUT2D eigenvalue weighted by Gasteiger charge is 2.37. The molecule has 1 N–H and O–H groups in total. The van der Waals surface area contributed by atoms with Gasteiger partial charge in [0.15, 0.2) is 17.1 Å². The van der Waals surface area contributed by atoms with Crippen molar-refractivity contribution in [3.8, 4) is 0 Å². The van der Waals surface area contributed by atoms with Gasteiger partial charge in [0.25, 0.3) is 5.82 Å². The van der Waals surface area contributed by atoms with Crippen molar-refractivity contribution in [1.82, 2.24) is 39.6 Å². The highest BCUT2D eigenvalue weighted by atomic mass is 19.4. The molecule has 0 amide bonds. The number of rotatable bonds is 4. The molecule has 0 saturated carbocycles. The monoisotopic (exact) mass is 404 g/mol. The van der Waals surface area contributed by atoms with Crippen LogP contribution in [-0.2, 0) is 6.18 Å². The zero-order valence-corrected chi connectivity index (χ0v) is 15.2. The van der Waals surface area contributed by atoms with E-state index in [9.17, 15) is 13.2 Å². The Morgan fingerprint density at radius 2 is 1.69 bits per heavy atom. The topological polar surface area (TPSA) is 101 Å². The van der Waals surface area contributed by atoms with Crippen LogP contribution in [0.25, 0.3) is 11.3 Å². The van der Waals surface area contributed by atoms with Gasteiger partial charge in [-0.3, -0.25) is 0 Å². The molecule has 0 spiro atoms. The number of aromatic nitrogens is 8. The van der Waals surface area contributed by atoms with E-state index in [1.165, 1.54) is 6.07 Å². The second-order valence-electron chi connectivity index (χ2n) is 6.87. The third-order valence-corrected chi connectivity index (χ3v) is 4.77. The van der Waals surface area contributed by atoms with Gasteiger partial charge in [-0.1, -0.05) is 0 Å². The van der Waals surface area contributed by atoms with Crippen LogP contribution in [0.5, 0.6) is 0 Å². The molecule has 0 unspecified atom stereocenters. The zero-order valence-electron chi connectivity index (χ0n) is 15.2. The molecule has 1 aliphatic heterocycles. The van der Waals surface area contributed by atoms with Crippen molar-refractivity contribution < 1.29 is 13.2 Å². The summed E-state index contributed by atoms with van der Waals surface area (Å²) in [6.45, 7) is 3.96. The van der Waals surface area contributed by atoms with Crippen LogP contribution in [0.4, 0.5) is 24.8 Å². The lowest BCUT2D eigenvalue weighted by atomic mass is 10.0. The normalized spacial score (nSPS) is 15.2. The van der Waals surface area contributed by atoms with Crippen LogP contribution in [-0.4, -0.2) is 59.3 Å². The Kier molecular flexibility index (Phi) is 3.79. The number of hydrogen-bond donors (Lipinski definition) is 1. The third kappa shape index (κ3) is 3.07. The summed E-state index contributed by atoms with van der Waals surface area (Å²) in [5.74, 6) is 1.05. The quantitative estimate of drug-likeness (QED) is 0.545. The first-order valence-corrected chi connectivity index (χ1v) is 8.86. The second kappa shape index (κ2) is 6.25. The van der Waals surface area contributed by atoms with E-state index in [2.05, 4.69) is 40.8 Å². The summed E-state index contributed by atoms with van der Waals surface area (Å²) in [6, 6.07) is 6.80. The Bertz CT molecular complexity index is 1190. The predicted octanol–water partition coefficient (Wildman–Crippen LogP) is 1.44. The molecule has 0 aliphatic carbocycles. The lowest BCUT2D eigenvalue weighted by molar-refractivity contribution is -0.146. The molecule has 0 radical (unpaired) electrons. The number of nitrogens with one attached hydrogen (secondary N) is 1. The molecule has 1 saturated heterocycles. The Labute approximate surface area is 161 Å². The lowest BCUT2D eigenvalue weighted by Gasteiger charge is -2.40. The Balaban J connectivity index is 1.23. The van der Waals surface area contributed by atoms with Crippen LogP contribution < -0.4 is 10.2 Å². The van der Waals surface area contributed by atoms with E-state index in [0.717, 1.165) is 18.9 Å². The van der Waals surface area contributed by atoms with Gasteiger partial charge in [-0.15, -0.1) is 30.6 Å². The minimum Gasteiger partial charge on any atom is -0.368 e. The maximum Gasteiger partial charge on any atom is 0.453 e. The summed E-state index contributed by atoms with van der Waals surface area (Å²) in [5.41, 5.74) is 0.738. The van der Waals surface area contributed by atoms with Gasteiger partial charge in [0.05, 0.1) is 0 Å². The minimum absolute atomic E-state index is 0.0449. The van der Waals surface area contributed by atoms with Gasteiger partial charge in [-0.2, -0.15) is 22.2 Å². The summed E-state index contributed by atoms with van der Waals surface area (Å²) in [7, 11) is 0. The van der Waals surface area contributed by atoms with Crippen molar-refractivity contribution in [1.29, 1.82) is 0 Å². The first-order valence-electron chi connectivity index (χ1n) is 8.86. The molecule has 0 aromatic carbocycles. The molecular formula is C16H15F3N10. The highest BCUT2D eigenvalue weighted by Crippen LogP contribution is 2.28. The summed E-state index contributed by atoms with van der Waals surface area (Å²) >= 11 is 0. The smallest absolute Gasteiger partial charge is 0.368 e. The molecule has 29 heavy (non-hydrogen) atoms. The molecule has 10 nitrogen and oxygen atoms in total. The maximum absolute atomic E-state index is 13.0. The summed E-state index contributed by atoms with van der Waals surface area (Å²) in [4.78, 5) is 2.11. The Hall–Kier alpha value is -3.51. The van der Waals surface area contributed by atoms with Gasteiger partial charge in [0.2, 0.25) is 0 Å². The molecule has 4 aromatic rings. The summed E-state index contributed by atoms with van der Waals surface area (Å²) in [6.07, 6.45) is -4.61. The van der Waals surface area contributed by atoms with Crippen LogP contribution in [0.15, 0.2) is 24.3 Å². The van der Waals surface area contributed by atoms with Crippen LogP contribution in [0.1, 0.15) is 11.6 Å². The van der Waals surface area contributed by atoms with Crippen molar-refractivity contribution in [2.45, 2.75) is 13.1 Å². The molecule has 13 heteroatoms. The maximum atomic E-state index is 13.0. The Morgan fingerprint density at radius 3 is 2.48 bits per heavy atom. The van der Waals surface area contributed by atoms with Gasteiger partial charge >= 0.3 is 6.18 Å². The molecule has 4 aromatic heterocycles. The fourth-order valence-electron chi connectivity index (χ4n) is 3.25. The molecule has 150 valence electrons. The number of fused-ring (bicyclic) bond motifs is 2. The lowest BCUT2D eigenvalue weighted by Crippen LogP contribution is -2.50. The van der Waals surface area contributed by atoms with Crippen molar-refractivity contribution in [3.05, 3.63) is 35.9 Å². The van der Waals surface area contributed by atoms with Crippen LogP contribution in [0.2, 0.25) is 0 Å². The number of alkyl halides is 3. The van der Waals surface area contributed by atoms with E-state index < -0.39 is 12.0 Å². The van der Waals surface area contributed by atoms with E-state index in [0.29, 0.717) is 34.3 Å². The fraction of sp³-hybridized carbons (Fsp3) is 0.375. The van der Waals surface area contributed by atoms with Crippen LogP contribution in [0, 0.1) is 12.8 Å². The van der Waals surface area contributed by atoms with E-state index in [4.69, 9.17) is 0 Å². The molecule has 5 heterocycles.